The summed E-state index contributed by atoms with van der Waals surface area (Å²) >= 11 is 2.04. The van der Waals surface area contributed by atoms with Gasteiger partial charge in [-0.3, -0.25) is 0 Å². The molecule has 3 nitrogen and oxygen atoms in total. The third-order valence-electron chi connectivity index (χ3n) is 3.72. The average molecular weight is 238 g/mol. The molecule has 4 heteroatoms. The molecule has 2 aliphatic rings. The van der Waals surface area contributed by atoms with Crippen LogP contribution < -0.4 is 0 Å². The summed E-state index contributed by atoms with van der Waals surface area (Å²) in [5, 5.41) is 9.20. The first-order valence-electron chi connectivity index (χ1n) is 6.11. The predicted molar refractivity (Wildman–Crippen MR) is 65.8 cm³/mol. The highest BCUT2D eigenvalue weighted by Crippen LogP contribution is 2.32. The highest BCUT2D eigenvalue weighted by atomic mass is 32.2. The molecule has 1 aromatic rings. The summed E-state index contributed by atoms with van der Waals surface area (Å²) in [4.78, 5) is 4.77. The summed E-state index contributed by atoms with van der Waals surface area (Å²) in [6.45, 7) is 1.27. The van der Waals surface area contributed by atoms with Crippen LogP contribution in [0.4, 0.5) is 0 Å². The zero-order chi connectivity index (χ0) is 11.0. The van der Waals surface area contributed by atoms with E-state index in [2.05, 4.69) is 10.8 Å². The first-order valence-corrected chi connectivity index (χ1v) is 7.27. The second-order valence-electron chi connectivity index (χ2n) is 4.88. The smallest absolute Gasteiger partial charge is 0.108 e. The summed E-state index contributed by atoms with van der Waals surface area (Å²) in [5.74, 6) is 4.87. The van der Waals surface area contributed by atoms with Crippen molar-refractivity contribution in [1.29, 1.82) is 0 Å². The van der Waals surface area contributed by atoms with Crippen molar-refractivity contribution in [3.05, 3.63) is 17.7 Å². The van der Waals surface area contributed by atoms with Crippen molar-refractivity contribution < 1.29 is 5.11 Å². The third kappa shape index (κ3) is 1.89. The molecular formula is C12H18N2OS. The number of fused-ring (bicyclic) bond motifs is 1. The molecule has 0 bridgehead atoms. The standard InChI is InChI=1S/C12H18N2OS/c15-7-9-1-2-12-13-11(6-14(12)5-9)10-3-4-16-8-10/h6,9-10,15H,1-5,7-8H2. The normalized spacial score (nSPS) is 29.3. The van der Waals surface area contributed by atoms with Gasteiger partial charge in [0.05, 0.1) is 5.69 Å². The molecule has 2 unspecified atom stereocenters. The van der Waals surface area contributed by atoms with Gasteiger partial charge in [-0.25, -0.2) is 4.98 Å². The van der Waals surface area contributed by atoms with Gasteiger partial charge in [0.15, 0.2) is 0 Å². The Balaban J connectivity index is 1.80. The van der Waals surface area contributed by atoms with Gasteiger partial charge in [0, 0.05) is 43.4 Å². The van der Waals surface area contributed by atoms with Gasteiger partial charge in [0.1, 0.15) is 5.82 Å². The lowest BCUT2D eigenvalue weighted by Crippen LogP contribution is -2.22. The van der Waals surface area contributed by atoms with Crippen LogP contribution in [0.3, 0.4) is 0 Å². The van der Waals surface area contributed by atoms with E-state index >= 15 is 0 Å². The van der Waals surface area contributed by atoms with Crippen LogP contribution in [0.15, 0.2) is 6.20 Å². The minimum absolute atomic E-state index is 0.312. The van der Waals surface area contributed by atoms with Crippen LogP contribution in [-0.4, -0.2) is 32.8 Å². The van der Waals surface area contributed by atoms with Gasteiger partial charge in [-0.05, 0) is 18.6 Å². The fraction of sp³-hybridized carbons (Fsp3) is 0.750. The number of hydrogen-bond acceptors (Lipinski definition) is 3. The Morgan fingerprint density at radius 3 is 3.19 bits per heavy atom. The van der Waals surface area contributed by atoms with Gasteiger partial charge in [0.2, 0.25) is 0 Å². The van der Waals surface area contributed by atoms with Crippen LogP contribution in [0.1, 0.15) is 30.3 Å². The number of nitrogens with zero attached hydrogens (tertiary/aromatic N) is 2. The van der Waals surface area contributed by atoms with Gasteiger partial charge < -0.3 is 9.67 Å². The maximum atomic E-state index is 9.20. The Labute approximate surface area is 100 Å². The largest absolute Gasteiger partial charge is 0.396 e. The monoisotopic (exact) mass is 238 g/mol. The SMILES string of the molecule is OCC1CCc2nc(C3CCSC3)cn2C1. The van der Waals surface area contributed by atoms with E-state index in [-0.39, 0.29) is 0 Å². The lowest BCUT2D eigenvalue weighted by atomic mass is 10.0. The highest BCUT2D eigenvalue weighted by Gasteiger charge is 2.24. The zero-order valence-electron chi connectivity index (χ0n) is 9.43. The summed E-state index contributed by atoms with van der Waals surface area (Å²) < 4.78 is 2.27. The Morgan fingerprint density at radius 2 is 2.44 bits per heavy atom. The van der Waals surface area contributed by atoms with Crippen molar-refractivity contribution in [2.45, 2.75) is 31.7 Å². The molecule has 0 amide bonds. The Morgan fingerprint density at radius 1 is 1.50 bits per heavy atom. The third-order valence-corrected chi connectivity index (χ3v) is 4.88. The van der Waals surface area contributed by atoms with E-state index in [1.165, 1.54) is 29.4 Å². The molecule has 1 aromatic heterocycles. The molecule has 0 saturated carbocycles. The Hall–Kier alpha value is -0.480. The minimum atomic E-state index is 0.312. The van der Waals surface area contributed by atoms with Crippen molar-refractivity contribution in [2.24, 2.45) is 5.92 Å². The summed E-state index contributed by atoms with van der Waals surface area (Å²) in [6.07, 6.45) is 5.63. The van der Waals surface area contributed by atoms with Gasteiger partial charge in [0.25, 0.3) is 0 Å². The fourth-order valence-electron chi connectivity index (χ4n) is 2.65. The second kappa shape index (κ2) is 4.41. The molecule has 1 N–H and O–H groups in total. The van der Waals surface area contributed by atoms with E-state index in [9.17, 15) is 5.11 Å². The molecule has 0 aliphatic carbocycles. The molecule has 0 radical (unpaired) electrons. The van der Waals surface area contributed by atoms with Crippen LogP contribution in [0.2, 0.25) is 0 Å². The molecule has 16 heavy (non-hydrogen) atoms. The molecule has 88 valence electrons. The molecule has 1 fully saturated rings. The molecule has 0 spiro atoms. The van der Waals surface area contributed by atoms with E-state index in [0.717, 1.165) is 19.4 Å². The maximum Gasteiger partial charge on any atom is 0.108 e. The van der Waals surface area contributed by atoms with E-state index in [1.54, 1.807) is 0 Å². The van der Waals surface area contributed by atoms with Crippen molar-refractivity contribution >= 4 is 11.8 Å². The summed E-state index contributed by atoms with van der Waals surface area (Å²) in [5.41, 5.74) is 1.29. The van der Waals surface area contributed by atoms with E-state index in [1.807, 2.05) is 11.8 Å². The number of aliphatic hydroxyl groups excluding tert-OH is 1. The number of thioether (sulfide) groups is 1. The van der Waals surface area contributed by atoms with Crippen LogP contribution >= 0.6 is 11.8 Å². The van der Waals surface area contributed by atoms with E-state index in [0.29, 0.717) is 18.4 Å². The van der Waals surface area contributed by atoms with Crippen molar-refractivity contribution in [1.82, 2.24) is 9.55 Å². The number of hydrogen-bond donors (Lipinski definition) is 1. The summed E-state index contributed by atoms with van der Waals surface area (Å²) in [6, 6.07) is 0. The van der Waals surface area contributed by atoms with Crippen LogP contribution in [0.5, 0.6) is 0 Å². The molecule has 3 rings (SSSR count). The van der Waals surface area contributed by atoms with Gasteiger partial charge in [-0.15, -0.1) is 0 Å². The van der Waals surface area contributed by atoms with Crippen molar-refractivity contribution in [2.75, 3.05) is 18.1 Å². The topological polar surface area (TPSA) is 38.1 Å². The van der Waals surface area contributed by atoms with Gasteiger partial charge in [-0.1, -0.05) is 0 Å². The van der Waals surface area contributed by atoms with Gasteiger partial charge in [-0.2, -0.15) is 11.8 Å². The number of rotatable bonds is 2. The van der Waals surface area contributed by atoms with Crippen LogP contribution in [-0.2, 0) is 13.0 Å². The number of aryl methyl sites for hydroxylation is 1. The van der Waals surface area contributed by atoms with E-state index in [4.69, 9.17) is 4.98 Å². The number of aromatic nitrogens is 2. The first kappa shape index (κ1) is 10.7. The zero-order valence-corrected chi connectivity index (χ0v) is 10.2. The Bertz CT molecular complexity index is 371. The molecule has 0 aromatic carbocycles. The van der Waals surface area contributed by atoms with Crippen molar-refractivity contribution in [3.8, 4) is 0 Å². The quantitative estimate of drug-likeness (QED) is 0.851. The predicted octanol–water partition coefficient (Wildman–Crippen LogP) is 1.66. The molecule has 2 aliphatic heterocycles. The Kier molecular flexibility index (Phi) is 2.94. The highest BCUT2D eigenvalue weighted by molar-refractivity contribution is 7.99. The summed E-state index contributed by atoms with van der Waals surface area (Å²) in [7, 11) is 0. The van der Waals surface area contributed by atoms with Crippen LogP contribution in [0, 0.1) is 5.92 Å². The first-order chi connectivity index (χ1) is 7.86. The van der Waals surface area contributed by atoms with Crippen LogP contribution in [0.25, 0.3) is 0 Å². The number of aliphatic hydroxyl groups is 1. The van der Waals surface area contributed by atoms with Crippen molar-refractivity contribution in [3.63, 3.8) is 0 Å². The lowest BCUT2D eigenvalue weighted by molar-refractivity contribution is 0.190. The van der Waals surface area contributed by atoms with Gasteiger partial charge >= 0.3 is 0 Å². The maximum absolute atomic E-state index is 9.20. The number of imidazole rings is 1. The molecule has 2 atom stereocenters. The second-order valence-corrected chi connectivity index (χ2v) is 6.03. The minimum Gasteiger partial charge on any atom is -0.396 e. The lowest BCUT2D eigenvalue weighted by Gasteiger charge is -2.21. The average Bonchev–Trinajstić information content (AvgIpc) is 2.96. The molecule has 3 heterocycles. The molecular weight excluding hydrogens is 220 g/mol. The fourth-order valence-corrected chi connectivity index (χ4v) is 3.89. The van der Waals surface area contributed by atoms with E-state index < -0.39 is 0 Å². The molecule has 1 saturated heterocycles.